The zero-order valence-electron chi connectivity index (χ0n) is 5.64. The largest absolute Gasteiger partial charge is 0.274 e. The van der Waals surface area contributed by atoms with Crippen molar-refractivity contribution in [2.75, 3.05) is 12.0 Å². The Labute approximate surface area is 64.3 Å². The second kappa shape index (κ2) is 4.94. The minimum Gasteiger partial charge on any atom is -0.274 e. The molecule has 0 bridgehead atoms. The first-order chi connectivity index (χ1) is 4.16. The maximum absolute atomic E-state index is 10.6. The van der Waals surface area contributed by atoms with E-state index >= 15 is 0 Å². The van der Waals surface area contributed by atoms with Gasteiger partial charge in [-0.2, -0.15) is 0 Å². The van der Waals surface area contributed by atoms with Crippen molar-refractivity contribution in [3.8, 4) is 0 Å². The lowest BCUT2D eigenvalue weighted by Gasteiger charge is -1.93. The van der Waals surface area contributed by atoms with E-state index in [0.717, 1.165) is 11.3 Å². The molecular formula is C6H10OS2. The molecule has 0 unspecified atom stereocenters. The van der Waals surface area contributed by atoms with E-state index in [2.05, 4.69) is 6.58 Å². The molecule has 1 nitrogen and oxygen atoms in total. The summed E-state index contributed by atoms with van der Waals surface area (Å²) in [6.45, 7) is 5.60. The lowest BCUT2D eigenvalue weighted by atomic mass is 10.4. The van der Waals surface area contributed by atoms with Crippen LogP contribution in [0.4, 0.5) is 4.79 Å². The van der Waals surface area contributed by atoms with Crippen molar-refractivity contribution in [2.24, 2.45) is 0 Å². The summed E-state index contributed by atoms with van der Waals surface area (Å²) in [5, 5.41) is 0. The van der Waals surface area contributed by atoms with Crippen LogP contribution in [0.5, 0.6) is 0 Å². The molecule has 0 aliphatic rings. The standard InChI is InChI=1S/C6H10OS2/c1-5(2)4-9-6(7)8-3/h1,4H2,2-3H3. The van der Waals surface area contributed by atoms with Gasteiger partial charge in [-0.15, -0.1) is 0 Å². The first-order valence-corrected chi connectivity index (χ1v) is 4.73. The van der Waals surface area contributed by atoms with Gasteiger partial charge in [0.1, 0.15) is 0 Å². The fourth-order valence-corrected chi connectivity index (χ4v) is 1.25. The van der Waals surface area contributed by atoms with Crippen LogP contribution in [0.15, 0.2) is 12.2 Å². The second-order valence-corrected chi connectivity index (χ2v) is 3.69. The highest BCUT2D eigenvalue weighted by Crippen LogP contribution is 2.15. The first-order valence-electron chi connectivity index (χ1n) is 2.52. The Balaban J connectivity index is 3.28. The van der Waals surface area contributed by atoms with E-state index in [1.54, 1.807) is 6.26 Å². The normalized spacial score (nSPS) is 9.11. The van der Waals surface area contributed by atoms with Crippen molar-refractivity contribution in [2.45, 2.75) is 6.92 Å². The molecule has 0 aromatic rings. The minimum atomic E-state index is 0.165. The van der Waals surface area contributed by atoms with Gasteiger partial charge in [-0.3, -0.25) is 4.79 Å². The van der Waals surface area contributed by atoms with E-state index in [-0.39, 0.29) is 4.45 Å². The highest BCUT2D eigenvalue weighted by atomic mass is 32.2. The zero-order chi connectivity index (χ0) is 7.28. The van der Waals surface area contributed by atoms with Crippen LogP contribution in [0.2, 0.25) is 0 Å². The Kier molecular flexibility index (Phi) is 5.00. The van der Waals surface area contributed by atoms with Crippen molar-refractivity contribution in [1.29, 1.82) is 0 Å². The van der Waals surface area contributed by atoms with Gasteiger partial charge in [0.15, 0.2) is 0 Å². The van der Waals surface area contributed by atoms with E-state index in [4.69, 9.17) is 0 Å². The Morgan fingerprint density at radius 2 is 2.22 bits per heavy atom. The molecule has 0 atom stereocenters. The monoisotopic (exact) mass is 162 g/mol. The molecule has 0 aliphatic heterocycles. The number of carbonyl (C=O) groups excluding carboxylic acids is 1. The van der Waals surface area contributed by atoms with Crippen molar-refractivity contribution in [1.82, 2.24) is 0 Å². The molecule has 0 rings (SSSR count). The van der Waals surface area contributed by atoms with Gasteiger partial charge in [-0.05, 0) is 13.2 Å². The summed E-state index contributed by atoms with van der Waals surface area (Å²) >= 11 is 2.56. The molecule has 0 radical (unpaired) electrons. The number of rotatable bonds is 2. The summed E-state index contributed by atoms with van der Waals surface area (Å²) in [6.07, 6.45) is 1.79. The van der Waals surface area contributed by atoms with Crippen molar-refractivity contribution >= 4 is 28.0 Å². The van der Waals surface area contributed by atoms with Gasteiger partial charge in [0, 0.05) is 5.75 Å². The van der Waals surface area contributed by atoms with Gasteiger partial charge in [-0.1, -0.05) is 35.7 Å². The third-order valence-electron chi connectivity index (χ3n) is 0.603. The lowest BCUT2D eigenvalue weighted by molar-refractivity contribution is 0.276. The smallest absolute Gasteiger partial charge is 0.246 e. The summed E-state index contributed by atoms with van der Waals surface area (Å²) in [6, 6.07) is 0. The molecule has 0 aromatic carbocycles. The molecule has 9 heavy (non-hydrogen) atoms. The maximum Gasteiger partial charge on any atom is 0.246 e. The van der Waals surface area contributed by atoms with Gasteiger partial charge in [0.25, 0.3) is 0 Å². The number of thioether (sulfide) groups is 2. The third-order valence-corrected chi connectivity index (χ3v) is 2.66. The second-order valence-electron chi connectivity index (χ2n) is 1.70. The number of carbonyl (C=O) groups is 1. The number of hydrogen-bond donors (Lipinski definition) is 0. The highest BCUT2D eigenvalue weighted by Gasteiger charge is 1.97. The molecule has 0 fully saturated rings. The van der Waals surface area contributed by atoms with Crippen LogP contribution in [0.1, 0.15) is 6.92 Å². The molecule has 3 heteroatoms. The summed E-state index contributed by atoms with van der Waals surface area (Å²) in [5.74, 6) is 0.750. The molecule has 0 spiro atoms. The summed E-state index contributed by atoms with van der Waals surface area (Å²) < 4.78 is 0.165. The van der Waals surface area contributed by atoms with Crippen LogP contribution in [0, 0.1) is 0 Å². The molecule has 52 valence electrons. The Bertz CT molecular complexity index is 120. The quantitative estimate of drug-likeness (QED) is 0.581. The van der Waals surface area contributed by atoms with Crippen molar-refractivity contribution in [3.05, 3.63) is 12.2 Å². The van der Waals surface area contributed by atoms with E-state index in [1.807, 2.05) is 6.92 Å². The maximum atomic E-state index is 10.6. The Morgan fingerprint density at radius 3 is 2.56 bits per heavy atom. The average molecular weight is 162 g/mol. The van der Waals surface area contributed by atoms with Gasteiger partial charge < -0.3 is 0 Å². The topological polar surface area (TPSA) is 17.1 Å². The van der Waals surface area contributed by atoms with Crippen LogP contribution < -0.4 is 0 Å². The van der Waals surface area contributed by atoms with E-state index in [0.29, 0.717) is 0 Å². The Hall–Kier alpha value is 0.110. The Morgan fingerprint density at radius 1 is 1.67 bits per heavy atom. The summed E-state index contributed by atoms with van der Waals surface area (Å²) in [4.78, 5) is 10.6. The van der Waals surface area contributed by atoms with E-state index in [9.17, 15) is 4.79 Å². The predicted molar refractivity (Wildman–Crippen MR) is 46.2 cm³/mol. The van der Waals surface area contributed by atoms with E-state index in [1.165, 1.54) is 23.5 Å². The minimum absolute atomic E-state index is 0.165. The van der Waals surface area contributed by atoms with Gasteiger partial charge in [0.2, 0.25) is 4.45 Å². The predicted octanol–water partition coefficient (Wildman–Crippen LogP) is 2.78. The molecular weight excluding hydrogens is 152 g/mol. The van der Waals surface area contributed by atoms with Crippen LogP contribution >= 0.6 is 23.5 Å². The summed E-state index contributed by atoms with van der Waals surface area (Å²) in [7, 11) is 0. The van der Waals surface area contributed by atoms with Gasteiger partial charge in [-0.25, -0.2) is 0 Å². The number of hydrogen-bond acceptors (Lipinski definition) is 3. The SMILES string of the molecule is C=C(C)CSC(=O)SC. The van der Waals surface area contributed by atoms with Crippen LogP contribution in [0.25, 0.3) is 0 Å². The van der Waals surface area contributed by atoms with Gasteiger partial charge in [0.05, 0.1) is 0 Å². The first kappa shape index (κ1) is 9.11. The molecule has 0 aromatic heterocycles. The van der Waals surface area contributed by atoms with Crippen molar-refractivity contribution < 1.29 is 4.79 Å². The zero-order valence-corrected chi connectivity index (χ0v) is 7.27. The molecule has 0 N–H and O–H groups in total. The van der Waals surface area contributed by atoms with Gasteiger partial charge >= 0.3 is 0 Å². The lowest BCUT2D eigenvalue weighted by Crippen LogP contribution is -1.83. The fourth-order valence-electron chi connectivity index (χ4n) is 0.241. The van der Waals surface area contributed by atoms with Crippen LogP contribution in [0.3, 0.4) is 0 Å². The fraction of sp³-hybridized carbons (Fsp3) is 0.500. The van der Waals surface area contributed by atoms with Crippen LogP contribution in [-0.2, 0) is 0 Å². The molecule has 0 amide bonds. The van der Waals surface area contributed by atoms with Crippen LogP contribution in [-0.4, -0.2) is 16.5 Å². The van der Waals surface area contributed by atoms with Crippen molar-refractivity contribution in [3.63, 3.8) is 0 Å². The third kappa shape index (κ3) is 5.99. The average Bonchev–Trinajstić information content (AvgIpc) is 1.83. The molecule has 0 saturated heterocycles. The molecule has 0 saturated carbocycles. The summed E-state index contributed by atoms with van der Waals surface area (Å²) in [5.41, 5.74) is 1.04. The molecule has 0 aliphatic carbocycles. The highest BCUT2D eigenvalue weighted by molar-refractivity contribution is 8.38. The van der Waals surface area contributed by atoms with E-state index < -0.39 is 0 Å². The molecule has 0 heterocycles.